The van der Waals surface area contributed by atoms with Crippen LogP contribution >= 0.6 is 0 Å². The van der Waals surface area contributed by atoms with Gasteiger partial charge >= 0.3 is 0 Å². The summed E-state index contributed by atoms with van der Waals surface area (Å²) in [5.41, 5.74) is 23.2. The number of hydrogen-bond donors (Lipinski definition) is 0. The Bertz CT molecular complexity index is 4220. The van der Waals surface area contributed by atoms with Gasteiger partial charge in [-0.05, 0) is 152 Å². The van der Waals surface area contributed by atoms with E-state index >= 15 is 0 Å². The van der Waals surface area contributed by atoms with Crippen molar-refractivity contribution in [2.24, 2.45) is 0 Å². The number of rotatable bonds is 8. The highest BCUT2D eigenvalue weighted by atomic mass is 16.3. The van der Waals surface area contributed by atoms with Crippen molar-refractivity contribution in [3.05, 3.63) is 266 Å². The average molecular weight is 921 g/mol. The summed E-state index contributed by atoms with van der Waals surface area (Å²) in [6, 6.07) is 92.9. The van der Waals surface area contributed by atoms with Gasteiger partial charge in [-0.2, -0.15) is 0 Å². The van der Waals surface area contributed by atoms with Gasteiger partial charge in [0.05, 0.1) is 11.0 Å². The van der Waals surface area contributed by atoms with Crippen molar-refractivity contribution in [3.8, 4) is 61.3 Å². The summed E-state index contributed by atoms with van der Waals surface area (Å²) in [6.07, 6.45) is 0. The van der Waals surface area contributed by atoms with Gasteiger partial charge in [0, 0.05) is 55.8 Å². The second-order valence-electron chi connectivity index (χ2n) is 19.7. The third-order valence-corrected chi connectivity index (χ3v) is 15.2. The van der Waals surface area contributed by atoms with Crippen molar-refractivity contribution in [3.63, 3.8) is 0 Å². The quantitative estimate of drug-likeness (QED) is 0.151. The van der Waals surface area contributed by atoms with Crippen molar-refractivity contribution in [2.75, 3.05) is 4.90 Å². The van der Waals surface area contributed by atoms with E-state index in [0.29, 0.717) is 0 Å². The van der Waals surface area contributed by atoms with Crippen LogP contribution < -0.4 is 4.90 Å². The normalized spacial score (nSPS) is 12.7. The molecule has 0 aliphatic heterocycles. The molecule has 0 spiro atoms. The first-order chi connectivity index (χ1) is 35.5. The fourth-order valence-corrected chi connectivity index (χ4v) is 11.8. The molecule has 0 saturated heterocycles. The second-order valence-corrected chi connectivity index (χ2v) is 19.7. The molecule has 2 aromatic heterocycles. The van der Waals surface area contributed by atoms with E-state index in [1.54, 1.807) is 0 Å². The van der Waals surface area contributed by atoms with Crippen molar-refractivity contribution >= 4 is 60.8 Å². The molecule has 72 heavy (non-hydrogen) atoms. The summed E-state index contributed by atoms with van der Waals surface area (Å²) < 4.78 is 8.88. The van der Waals surface area contributed by atoms with E-state index < -0.39 is 0 Å². The molecule has 13 aromatic rings. The van der Waals surface area contributed by atoms with E-state index in [9.17, 15) is 0 Å². The van der Waals surface area contributed by atoms with Gasteiger partial charge < -0.3 is 13.9 Å². The molecule has 0 unspecified atom stereocenters. The van der Waals surface area contributed by atoms with Crippen molar-refractivity contribution < 1.29 is 4.42 Å². The lowest BCUT2D eigenvalue weighted by molar-refractivity contribution is 0.660. The van der Waals surface area contributed by atoms with Crippen LogP contribution in [-0.2, 0) is 5.41 Å². The lowest BCUT2D eigenvalue weighted by Gasteiger charge is -2.26. The summed E-state index contributed by atoms with van der Waals surface area (Å²) >= 11 is 0. The largest absolute Gasteiger partial charge is 0.456 e. The van der Waals surface area contributed by atoms with Gasteiger partial charge in [-0.3, -0.25) is 0 Å². The lowest BCUT2D eigenvalue weighted by Crippen LogP contribution is -2.14. The van der Waals surface area contributed by atoms with Crippen LogP contribution in [0.3, 0.4) is 0 Å². The van der Waals surface area contributed by atoms with E-state index in [2.05, 4.69) is 266 Å². The highest BCUT2D eigenvalue weighted by molar-refractivity contribution is 6.16. The first kappa shape index (κ1) is 41.8. The van der Waals surface area contributed by atoms with Gasteiger partial charge in [0.1, 0.15) is 11.2 Å². The molecule has 0 N–H and O–H groups in total. The predicted octanol–water partition coefficient (Wildman–Crippen LogP) is 19.1. The Balaban J connectivity index is 0.952. The Morgan fingerprint density at radius 2 is 0.875 bits per heavy atom. The summed E-state index contributed by atoms with van der Waals surface area (Å²) in [5.74, 6) is 0. The SMILES string of the molecule is CC1(C)c2ccccc2-c2c(-c3cc(-c4ccc(N(c5ccc(-c6ccccc6)cc5)c5ccc6c(c5)oc5ccccc56)cc4)cc(-c4cccc5c4c4ccccc4n5-c4ccccc4)c3)cccc21. The number of para-hydroxylation sites is 3. The topological polar surface area (TPSA) is 21.3 Å². The first-order valence-electron chi connectivity index (χ1n) is 24.9. The van der Waals surface area contributed by atoms with Crippen LogP contribution in [0, 0.1) is 0 Å². The number of benzene rings is 11. The maximum atomic E-state index is 6.47. The lowest BCUT2D eigenvalue weighted by atomic mass is 9.82. The summed E-state index contributed by atoms with van der Waals surface area (Å²) in [5, 5.41) is 4.71. The fourth-order valence-electron chi connectivity index (χ4n) is 11.8. The number of furan rings is 1. The van der Waals surface area contributed by atoms with Gasteiger partial charge in [-0.1, -0.05) is 178 Å². The standard InChI is InChI=1S/C69H48N2O/c1-69(2)61-26-12-9-22-59(61)67-55(24-15-27-62(67)69)49-41-48(42-50(43-49)56-25-16-29-64-68(56)60-23-10-13-28-63(60)71(64)51-19-7-4-8-20-51)47-33-37-53(38-34-47)70(52-35-31-46(32-36-52)45-17-5-3-6-18-45)54-39-40-58-57-21-11-14-30-65(57)72-66(58)44-54/h3-44H,1-2H3. The van der Waals surface area contributed by atoms with Gasteiger partial charge in [0.2, 0.25) is 0 Å². The van der Waals surface area contributed by atoms with Crippen LogP contribution in [0.1, 0.15) is 25.0 Å². The molecule has 0 fully saturated rings. The number of fused-ring (bicyclic) bond motifs is 9. The Kier molecular flexibility index (Phi) is 9.56. The van der Waals surface area contributed by atoms with Gasteiger partial charge in [-0.25, -0.2) is 0 Å². The smallest absolute Gasteiger partial charge is 0.137 e. The van der Waals surface area contributed by atoms with Crippen LogP contribution in [-0.4, -0.2) is 4.57 Å². The average Bonchev–Trinajstić information content (AvgIpc) is 4.07. The minimum atomic E-state index is -0.119. The Hall–Kier alpha value is -9.18. The highest BCUT2D eigenvalue weighted by Crippen LogP contribution is 2.53. The third-order valence-electron chi connectivity index (χ3n) is 15.2. The monoisotopic (exact) mass is 920 g/mol. The minimum Gasteiger partial charge on any atom is -0.456 e. The maximum Gasteiger partial charge on any atom is 0.137 e. The zero-order valence-electron chi connectivity index (χ0n) is 40.1. The van der Waals surface area contributed by atoms with Crippen molar-refractivity contribution in [1.29, 1.82) is 0 Å². The number of hydrogen-bond acceptors (Lipinski definition) is 2. The molecule has 340 valence electrons. The van der Waals surface area contributed by atoms with E-state index in [1.807, 2.05) is 12.1 Å². The molecule has 0 amide bonds. The van der Waals surface area contributed by atoms with Crippen LogP contribution in [0.2, 0.25) is 0 Å². The predicted molar refractivity (Wildman–Crippen MR) is 302 cm³/mol. The Morgan fingerprint density at radius 1 is 0.347 bits per heavy atom. The molecule has 1 aliphatic rings. The van der Waals surface area contributed by atoms with Gasteiger partial charge in [0.25, 0.3) is 0 Å². The first-order valence-corrected chi connectivity index (χ1v) is 24.9. The summed E-state index contributed by atoms with van der Waals surface area (Å²) in [6.45, 7) is 4.73. The van der Waals surface area contributed by atoms with Crippen LogP contribution in [0.15, 0.2) is 259 Å². The Labute approximate surface area is 419 Å². The molecule has 2 heterocycles. The molecule has 3 heteroatoms. The zero-order valence-corrected chi connectivity index (χ0v) is 40.1. The minimum absolute atomic E-state index is 0.119. The van der Waals surface area contributed by atoms with Crippen molar-refractivity contribution in [1.82, 2.24) is 4.57 Å². The second kappa shape index (κ2) is 16.5. The van der Waals surface area contributed by atoms with Crippen LogP contribution in [0.25, 0.3) is 105 Å². The van der Waals surface area contributed by atoms with Gasteiger partial charge in [-0.15, -0.1) is 0 Å². The molecule has 0 radical (unpaired) electrons. The number of nitrogens with zero attached hydrogens (tertiary/aromatic N) is 2. The van der Waals surface area contributed by atoms with E-state index in [0.717, 1.165) is 55.8 Å². The third kappa shape index (κ3) is 6.66. The fraction of sp³-hybridized carbons (Fsp3) is 0.0435. The Morgan fingerprint density at radius 3 is 1.65 bits per heavy atom. The van der Waals surface area contributed by atoms with E-state index in [1.165, 1.54) is 77.4 Å². The van der Waals surface area contributed by atoms with Crippen molar-refractivity contribution in [2.45, 2.75) is 19.3 Å². The molecular formula is C69H48N2O. The van der Waals surface area contributed by atoms with E-state index in [4.69, 9.17) is 4.42 Å². The van der Waals surface area contributed by atoms with Crippen LogP contribution in [0.4, 0.5) is 17.1 Å². The molecule has 1 aliphatic carbocycles. The molecule has 0 bridgehead atoms. The zero-order chi connectivity index (χ0) is 47.9. The molecule has 3 nitrogen and oxygen atoms in total. The highest BCUT2D eigenvalue weighted by Gasteiger charge is 2.36. The summed E-state index contributed by atoms with van der Waals surface area (Å²) in [4.78, 5) is 2.34. The molecular weight excluding hydrogens is 873 g/mol. The van der Waals surface area contributed by atoms with E-state index in [-0.39, 0.29) is 5.41 Å². The molecule has 0 saturated carbocycles. The number of aromatic nitrogens is 1. The molecule has 14 rings (SSSR count). The molecule has 11 aromatic carbocycles. The molecule has 0 atom stereocenters. The number of anilines is 3. The van der Waals surface area contributed by atoms with Crippen LogP contribution in [0.5, 0.6) is 0 Å². The maximum absolute atomic E-state index is 6.47. The summed E-state index contributed by atoms with van der Waals surface area (Å²) in [7, 11) is 0. The van der Waals surface area contributed by atoms with Gasteiger partial charge in [0.15, 0.2) is 0 Å².